The van der Waals surface area contributed by atoms with E-state index in [1.165, 1.54) is 0 Å². The zero-order chi connectivity index (χ0) is 13.9. The van der Waals surface area contributed by atoms with Gasteiger partial charge < -0.3 is 4.74 Å². The molecular weight excluding hydrogens is 248 g/mol. The van der Waals surface area contributed by atoms with Crippen molar-refractivity contribution < 1.29 is 9.53 Å². The number of benzene rings is 2. The zero-order valence-electron chi connectivity index (χ0n) is 11.7. The molecule has 0 unspecified atom stereocenters. The largest absolute Gasteiger partial charge is 0.489 e. The lowest BCUT2D eigenvalue weighted by Gasteiger charge is -2.18. The van der Waals surface area contributed by atoms with Gasteiger partial charge >= 0.3 is 0 Å². The van der Waals surface area contributed by atoms with Gasteiger partial charge in [0.25, 0.3) is 0 Å². The summed E-state index contributed by atoms with van der Waals surface area (Å²) in [5, 5.41) is 0. The number of hydrogen-bond acceptors (Lipinski definition) is 2. The van der Waals surface area contributed by atoms with E-state index in [0.717, 1.165) is 40.8 Å². The minimum atomic E-state index is 0.276. The Bertz CT molecular complexity index is 629. The van der Waals surface area contributed by atoms with Crippen molar-refractivity contribution in [3.8, 4) is 5.75 Å². The maximum Gasteiger partial charge on any atom is 0.163 e. The van der Waals surface area contributed by atoms with E-state index in [1.807, 2.05) is 37.3 Å². The van der Waals surface area contributed by atoms with Crippen LogP contribution in [0.25, 0.3) is 0 Å². The molecule has 1 aliphatic rings. The first-order valence-corrected chi connectivity index (χ1v) is 7.07. The van der Waals surface area contributed by atoms with Gasteiger partial charge in [-0.15, -0.1) is 0 Å². The molecule has 0 aliphatic heterocycles. The predicted octanol–water partition coefficient (Wildman–Crippen LogP) is 4.09. The van der Waals surface area contributed by atoms with Gasteiger partial charge in [0.15, 0.2) is 5.78 Å². The molecule has 0 amide bonds. The Hall–Kier alpha value is -2.09. The van der Waals surface area contributed by atoms with Crippen LogP contribution in [0.5, 0.6) is 5.75 Å². The molecule has 0 bridgehead atoms. The number of ether oxygens (including phenoxy) is 1. The summed E-state index contributed by atoms with van der Waals surface area (Å²) in [6.07, 6.45) is 2.61. The van der Waals surface area contributed by atoms with E-state index >= 15 is 0 Å². The van der Waals surface area contributed by atoms with Crippen molar-refractivity contribution >= 4 is 5.78 Å². The van der Waals surface area contributed by atoms with Gasteiger partial charge in [0.2, 0.25) is 0 Å². The Kier molecular flexibility index (Phi) is 3.55. The van der Waals surface area contributed by atoms with E-state index in [1.54, 1.807) is 0 Å². The third-order valence-corrected chi connectivity index (χ3v) is 3.77. The fourth-order valence-corrected chi connectivity index (χ4v) is 2.81. The van der Waals surface area contributed by atoms with Gasteiger partial charge in [-0.3, -0.25) is 4.79 Å². The lowest BCUT2D eigenvalue weighted by Crippen LogP contribution is -2.13. The van der Waals surface area contributed by atoms with Crippen LogP contribution in [0.15, 0.2) is 42.5 Å². The second-order valence-corrected chi connectivity index (χ2v) is 5.33. The highest BCUT2D eigenvalue weighted by Crippen LogP contribution is 2.29. The van der Waals surface area contributed by atoms with Crippen LogP contribution in [0.4, 0.5) is 0 Å². The normalized spacial score (nSPS) is 13.9. The van der Waals surface area contributed by atoms with Crippen molar-refractivity contribution in [3.63, 3.8) is 0 Å². The monoisotopic (exact) mass is 266 g/mol. The van der Waals surface area contributed by atoms with Crippen molar-refractivity contribution in [2.45, 2.75) is 32.8 Å². The fourth-order valence-electron chi connectivity index (χ4n) is 2.81. The quantitative estimate of drug-likeness (QED) is 0.836. The molecule has 1 aliphatic carbocycles. The number of Topliss-reactive ketones (excluding diaryl/α,β-unsaturated/α-hetero) is 1. The maximum atomic E-state index is 12.0. The van der Waals surface area contributed by atoms with E-state index in [9.17, 15) is 4.79 Å². The standard InChI is InChI=1S/C18H18O2/c1-13-10-16(20-12-14-6-3-2-4-7-14)11-15-8-5-9-17(19)18(13)15/h2-4,6-7,10-11H,5,8-9,12H2,1H3. The first kappa shape index (κ1) is 12.9. The lowest BCUT2D eigenvalue weighted by molar-refractivity contribution is 0.0971. The topological polar surface area (TPSA) is 26.3 Å². The van der Waals surface area contributed by atoms with Crippen molar-refractivity contribution in [2.24, 2.45) is 0 Å². The van der Waals surface area contributed by atoms with Gasteiger partial charge in [-0.05, 0) is 48.6 Å². The van der Waals surface area contributed by atoms with Crippen LogP contribution in [0.3, 0.4) is 0 Å². The van der Waals surface area contributed by atoms with E-state index in [0.29, 0.717) is 13.0 Å². The lowest BCUT2D eigenvalue weighted by atomic mass is 9.87. The SMILES string of the molecule is Cc1cc(OCc2ccccc2)cc2c1C(=O)CCC2. The summed E-state index contributed by atoms with van der Waals surface area (Å²) in [6.45, 7) is 2.56. The van der Waals surface area contributed by atoms with Crippen LogP contribution in [0.2, 0.25) is 0 Å². The fraction of sp³-hybridized carbons (Fsp3) is 0.278. The number of carbonyl (C=O) groups is 1. The highest BCUT2D eigenvalue weighted by atomic mass is 16.5. The van der Waals surface area contributed by atoms with Crippen LogP contribution in [-0.4, -0.2) is 5.78 Å². The molecule has 3 rings (SSSR count). The predicted molar refractivity (Wildman–Crippen MR) is 79.2 cm³/mol. The van der Waals surface area contributed by atoms with Crippen molar-refractivity contribution in [1.29, 1.82) is 0 Å². The second kappa shape index (κ2) is 5.49. The van der Waals surface area contributed by atoms with Crippen molar-refractivity contribution in [3.05, 3.63) is 64.7 Å². The van der Waals surface area contributed by atoms with E-state index in [4.69, 9.17) is 4.74 Å². The van der Waals surface area contributed by atoms with E-state index < -0.39 is 0 Å². The molecule has 2 nitrogen and oxygen atoms in total. The highest BCUT2D eigenvalue weighted by Gasteiger charge is 2.20. The van der Waals surface area contributed by atoms with Gasteiger partial charge in [-0.1, -0.05) is 30.3 Å². The van der Waals surface area contributed by atoms with Gasteiger partial charge in [0.05, 0.1) is 0 Å². The summed E-state index contributed by atoms with van der Waals surface area (Å²) in [4.78, 5) is 12.0. The van der Waals surface area contributed by atoms with Crippen LogP contribution in [0.1, 0.15) is 39.9 Å². The first-order valence-electron chi connectivity index (χ1n) is 7.07. The highest BCUT2D eigenvalue weighted by molar-refractivity contribution is 6.00. The molecule has 0 fully saturated rings. The molecule has 0 heterocycles. The Labute approximate surface area is 119 Å². The summed E-state index contributed by atoms with van der Waals surface area (Å²) in [7, 11) is 0. The van der Waals surface area contributed by atoms with Gasteiger partial charge in [-0.25, -0.2) is 0 Å². The molecule has 0 radical (unpaired) electrons. The van der Waals surface area contributed by atoms with Gasteiger partial charge in [0.1, 0.15) is 12.4 Å². The Morgan fingerprint density at radius 3 is 2.70 bits per heavy atom. The number of rotatable bonds is 3. The number of carbonyl (C=O) groups excluding carboxylic acids is 1. The third-order valence-electron chi connectivity index (χ3n) is 3.77. The number of hydrogen-bond donors (Lipinski definition) is 0. The molecule has 0 aromatic heterocycles. The Morgan fingerprint density at radius 2 is 1.90 bits per heavy atom. The number of fused-ring (bicyclic) bond motifs is 1. The first-order chi connectivity index (χ1) is 9.74. The zero-order valence-corrected chi connectivity index (χ0v) is 11.7. The molecule has 0 atom stereocenters. The average Bonchev–Trinajstić information content (AvgIpc) is 2.46. The van der Waals surface area contributed by atoms with Crippen LogP contribution in [-0.2, 0) is 13.0 Å². The smallest absolute Gasteiger partial charge is 0.163 e. The molecule has 0 N–H and O–H groups in total. The Morgan fingerprint density at radius 1 is 1.10 bits per heavy atom. The van der Waals surface area contributed by atoms with Crippen molar-refractivity contribution in [1.82, 2.24) is 0 Å². The molecule has 2 aromatic carbocycles. The average molecular weight is 266 g/mol. The molecule has 102 valence electrons. The summed E-state index contributed by atoms with van der Waals surface area (Å²) in [5.74, 6) is 1.14. The molecule has 2 aromatic rings. The van der Waals surface area contributed by atoms with E-state index in [2.05, 4.69) is 12.1 Å². The van der Waals surface area contributed by atoms with Crippen LogP contribution < -0.4 is 4.74 Å². The minimum absolute atomic E-state index is 0.276. The van der Waals surface area contributed by atoms with Gasteiger partial charge in [-0.2, -0.15) is 0 Å². The number of ketones is 1. The molecule has 2 heteroatoms. The third kappa shape index (κ3) is 2.60. The summed E-state index contributed by atoms with van der Waals surface area (Å²) < 4.78 is 5.86. The van der Waals surface area contributed by atoms with Crippen LogP contribution in [0, 0.1) is 6.92 Å². The minimum Gasteiger partial charge on any atom is -0.489 e. The van der Waals surface area contributed by atoms with Crippen LogP contribution >= 0.6 is 0 Å². The molecule has 0 saturated heterocycles. The molecule has 0 spiro atoms. The molecule has 0 saturated carbocycles. The second-order valence-electron chi connectivity index (χ2n) is 5.33. The summed E-state index contributed by atoms with van der Waals surface area (Å²) in [5.41, 5.74) is 4.25. The summed E-state index contributed by atoms with van der Waals surface area (Å²) >= 11 is 0. The maximum absolute atomic E-state index is 12.0. The van der Waals surface area contributed by atoms with E-state index in [-0.39, 0.29) is 5.78 Å². The summed E-state index contributed by atoms with van der Waals surface area (Å²) in [6, 6.07) is 14.1. The Balaban J connectivity index is 1.81. The molecule has 20 heavy (non-hydrogen) atoms. The van der Waals surface area contributed by atoms with Gasteiger partial charge in [0, 0.05) is 12.0 Å². The molecular formula is C18H18O2. The number of aryl methyl sites for hydroxylation is 2. The van der Waals surface area contributed by atoms with Crippen molar-refractivity contribution in [2.75, 3.05) is 0 Å².